The lowest BCUT2D eigenvalue weighted by molar-refractivity contribution is 0.000952. The predicted molar refractivity (Wildman–Crippen MR) is 60.6 cm³/mol. The second-order valence-corrected chi connectivity index (χ2v) is 3.83. The zero-order valence-corrected chi connectivity index (χ0v) is 9.93. The van der Waals surface area contributed by atoms with Crippen LogP contribution in [0.1, 0.15) is 11.5 Å². The van der Waals surface area contributed by atoms with Crippen LogP contribution in [0.25, 0.3) is 0 Å². The Bertz CT molecular complexity index is 265. The average molecular weight is 231 g/mol. The second-order valence-electron chi connectivity index (χ2n) is 2.96. The highest BCUT2D eigenvalue weighted by molar-refractivity contribution is 7.97. The van der Waals surface area contributed by atoms with E-state index in [-0.39, 0.29) is 0 Å². The van der Waals surface area contributed by atoms with Crippen molar-refractivity contribution in [2.75, 3.05) is 26.6 Å². The fourth-order valence-electron chi connectivity index (χ4n) is 1.06. The van der Waals surface area contributed by atoms with E-state index in [4.69, 9.17) is 14.0 Å². The molecule has 0 fully saturated rings. The van der Waals surface area contributed by atoms with E-state index in [0.717, 1.165) is 17.3 Å². The summed E-state index contributed by atoms with van der Waals surface area (Å²) in [6.07, 6.45) is 2.05. The van der Waals surface area contributed by atoms with Gasteiger partial charge in [-0.2, -0.15) is 17.2 Å². The predicted octanol–water partition coefficient (Wildman–Crippen LogP) is 1.81. The Morgan fingerprint density at radius 2 is 2.13 bits per heavy atom. The van der Waals surface area contributed by atoms with E-state index < -0.39 is 0 Å². The highest BCUT2D eigenvalue weighted by Crippen LogP contribution is 2.12. The Hall–Kier alpha value is -0.490. The minimum absolute atomic E-state index is 0.537. The van der Waals surface area contributed by atoms with Gasteiger partial charge in [0.15, 0.2) is 0 Å². The summed E-state index contributed by atoms with van der Waals surface area (Å²) < 4.78 is 10.4. The molecule has 1 heterocycles. The number of hydrogen-bond donors (Lipinski definition) is 1. The Morgan fingerprint density at radius 1 is 1.33 bits per heavy atom. The molecule has 86 valence electrons. The largest absolute Gasteiger partial charge is 0.464 e. The number of ether oxygens (including phenoxy) is 1. The standard InChI is InChI=1S/C10H17NO3S/c1-12-5-6-13-11-7-9-3-4-10(14-9)8-15-2/h3-4,11H,5-8H2,1-2H3. The zero-order valence-electron chi connectivity index (χ0n) is 9.12. The number of rotatable bonds is 8. The molecule has 1 rings (SSSR count). The lowest BCUT2D eigenvalue weighted by atomic mass is 10.4. The monoisotopic (exact) mass is 231 g/mol. The van der Waals surface area contributed by atoms with Gasteiger partial charge in [-0.1, -0.05) is 0 Å². The highest BCUT2D eigenvalue weighted by Gasteiger charge is 2.00. The molecule has 5 heteroatoms. The first-order chi connectivity index (χ1) is 7.36. The molecule has 0 spiro atoms. The first-order valence-electron chi connectivity index (χ1n) is 4.77. The third-order valence-corrected chi connectivity index (χ3v) is 2.32. The van der Waals surface area contributed by atoms with E-state index in [1.54, 1.807) is 18.9 Å². The molecule has 4 nitrogen and oxygen atoms in total. The summed E-state index contributed by atoms with van der Waals surface area (Å²) in [6.45, 7) is 1.70. The summed E-state index contributed by atoms with van der Waals surface area (Å²) >= 11 is 1.74. The number of furan rings is 1. The van der Waals surface area contributed by atoms with Crippen LogP contribution in [0.2, 0.25) is 0 Å². The Morgan fingerprint density at radius 3 is 2.87 bits per heavy atom. The molecule has 15 heavy (non-hydrogen) atoms. The molecule has 0 aliphatic heterocycles. The fourth-order valence-corrected chi connectivity index (χ4v) is 1.50. The van der Waals surface area contributed by atoms with Gasteiger partial charge >= 0.3 is 0 Å². The number of hydroxylamine groups is 1. The summed E-state index contributed by atoms with van der Waals surface area (Å²) in [5.41, 5.74) is 2.81. The van der Waals surface area contributed by atoms with Crippen molar-refractivity contribution in [3.63, 3.8) is 0 Å². The van der Waals surface area contributed by atoms with E-state index in [2.05, 4.69) is 5.48 Å². The van der Waals surface area contributed by atoms with Gasteiger partial charge in [-0.3, -0.25) is 4.84 Å². The molecule has 1 N–H and O–H groups in total. The lowest BCUT2D eigenvalue weighted by Gasteiger charge is -2.02. The molecule has 0 bridgehead atoms. The van der Waals surface area contributed by atoms with Gasteiger partial charge in [0.2, 0.25) is 0 Å². The lowest BCUT2D eigenvalue weighted by Crippen LogP contribution is -2.16. The quantitative estimate of drug-likeness (QED) is 0.546. The van der Waals surface area contributed by atoms with Crippen LogP contribution in [0, 0.1) is 0 Å². The minimum atomic E-state index is 0.537. The maximum absolute atomic E-state index is 5.54. The van der Waals surface area contributed by atoms with Crippen LogP contribution in [0.4, 0.5) is 0 Å². The van der Waals surface area contributed by atoms with Crippen LogP contribution in [-0.2, 0) is 21.9 Å². The van der Waals surface area contributed by atoms with Gasteiger partial charge in [0, 0.05) is 7.11 Å². The first kappa shape index (κ1) is 12.6. The van der Waals surface area contributed by atoms with Gasteiger partial charge in [0.25, 0.3) is 0 Å². The van der Waals surface area contributed by atoms with Crippen molar-refractivity contribution in [3.05, 3.63) is 23.7 Å². The summed E-state index contributed by atoms with van der Waals surface area (Å²) in [5, 5.41) is 0. The molecular weight excluding hydrogens is 214 g/mol. The van der Waals surface area contributed by atoms with Gasteiger partial charge in [0.05, 0.1) is 25.5 Å². The van der Waals surface area contributed by atoms with Crippen LogP contribution in [0.3, 0.4) is 0 Å². The molecule has 0 saturated carbocycles. The van der Waals surface area contributed by atoms with E-state index >= 15 is 0 Å². The second kappa shape index (κ2) is 7.76. The molecule has 0 saturated heterocycles. The van der Waals surface area contributed by atoms with E-state index in [0.29, 0.717) is 19.8 Å². The molecule has 0 aliphatic carbocycles. The SMILES string of the molecule is COCCONCc1ccc(CSC)o1. The summed E-state index contributed by atoms with van der Waals surface area (Å²) in [4.78, 5) is 5.11. The Kier molecular flexibility index (Phi) is 6.50. The van der Waals surface area contributed by atoms with Crippen molar-refractivity contribution in [1.29, 1.82) is 0 Å². The van der Waals surface area contributed by atoms with Gasteiger partial charge in [0.1, 0.15) is 11.5 Å². The van der Waals surface area contributed by atoms with Crippen LogP contribution in [0.5, 0.6) is 0 Å². The minimum Gasteiger partial charge on any atom is -0.464 e. The summed E-state index contributed by atoms with van der Waals surface area (Å²) in [6, 6.07) is 3.95. The van der Waals surface area contributed by atoms with Crippen molar-refractivity contribution in [2.45, 2.75) is 12.3 Å². The number of hydrogen-bond acceptors (Lipinski definition) is 5. The molecule has 0 aromatic carbocycles. The Labute approximate surface area is 94.3 Å². The van der Waals surface area contributed by atoms with Crippen LogP contribution in [-0.4, -0.2) is 26.6 Å². The zero-order chi connectivity index (χ0) is 10.9. The normalized spacial score (nSPS) is 10.8. The van der Waals surface area contributed by atoms with Gasteiger partial charge < -0.3 is 9.15 Å². The fraction of sp³-hybridized carbons (Fsp3) is 0.600. The number of nitrogens with one attached hydrogen (secondary N) is 1. The maximum Gasteiger partial charge on any atom is 0.120 e. The summed E-state index contributed by atoms with van der Waals surface area (Å²) in [7, 11) is 1.64. The van der Waals surface area contributed by atoms with E-state index in [1.165, 1.54) is 0 Å². The highest BCUT2D eigenvalue weighted by atomic mass is 32.2. The van der Waals surface area contributed by atoms with Crippen LogP contribution >= 0.6 is 11.8 Å². The molecule has 0 amide bonds. The van der Waals surface area contributed by atoms with Gasteiger partial charge in [-0.25, -0.2) is 0 Å². The van der Waals surface area contributed by atoms with Crippen LogP contribution < -0.4 is 5.48 Å². The van der Waals surface area contributed by atoms with Crippen molar-refractivity contribution < 1.29 is 14.0 Å². The van der Waals surface area contributed by atoms with E-state index in [1.807, 2.05) is 18.4 Å². The Balaban J connectivity index is 2.14. The third-order valence-electron chi connectivity index (χ3n) is 1.74. The van der Waals surface area contributed by atoms with E-state index in [9.17, 15) is 0 Å². The molecule has 0 aliphatic rings. The molecule has 0 radical (unpaired) electrons. The topological polar surface area (TPSA) is 43.6 Å². The number of methoxy groups -OCH3 is 1. The van der Waals surface area contributed by atoms with Crippen molar-refractivity contribution in [1.82, 2.24) is 5.48 Å². The van der Waals surface area contributed by atoms with Crippen molar-refractivity contribution >= 4 is 11.8 Å². The van der Waals surface area contributed by atoms with Crippen LogP contribution in [0.15, 0.2) is 16.5 Å². The maximum atomic E-state index is 5.54. The molecule has 1 aromatic rings. The molecular formula is C10H17NO3S. The van der Waals surface area contributed by atoms with Crippen molar-refractivity contribution in [2.24, 2.45) is 0 Å². The third kappa shape index (κ3) is 5.22. The smallest absolute Gasteiger partial charge is 0.120 e. The van der Waals surface area contributed by atoms with Crippen molar-refractivity contribution in [3.8, 4) is 0 Å². The molecule has 0 unspecified atom stereocenters. The number of thioether (sulfide) groups is 1. The molecule has 1 aromatic heterocycles. The van der Waals surface area contributed by atoms with Gasteiger partial charge in [-0.15, -0.1) is 0 Å². The molecule has 0 atom stereocenters. The average Bonchev–Trinajstić information content (AvgIpc) is 2.66. The first-order valence-corrected chi connectivity index (χ1v) is 6.16. The summed E-state index contributed by atoms with van der Waals surface area (Å²) in [5.74, 6) is 2.79. The van der Waals surface area contributed by atoms with Gasteiger partial charge in [-0.05, 0) is 18.4 Å².